The van der Waals surface area contributed by atoms with E-state index in [4.69, 9.17) is 0 Å². The van der Waals surface area contributed by atoms with Gasteiger partial charge in [0.2, 0.25) is 5.91 Å². The number of hydrogen-bond donors (Lipinski definition) is 1. The van der Waals surface area contributed by atoms with Gasteiger partial charge in [0, 0.05) is 13.0 Å². The van der Waals surface area contributed by atoms with Crippen molar-refractivity contribution < 1.29 is 4.79 Å². The van der Waals surface area contributed by atoms with E-state index < -0.39 is 0 Å². The van der Waals surface area contributed by atoms with E-state index in [1.54, 1.807) is 0 Å². The molecular formula is C9H17NO. The molecule has 2 nitrogen and oxygen atoms in total. The second-order valence-electron chi connectivity index (χ2n) is 3.62. The van der Waals surface area contributed by atoms with E-state index in [1.165, 1.54) is 6.42 Å². The third-order valence-electron chi connectivity index (χ3n) is 2.43. The Morgan fingerprint density at radius 1 is 1.64 bits per heavy atom. The second kappa shape index (κ2) is 3.74. The van der Waals surface area contributed by atoms with Gasteiger partial charge < -0.3 is 5.32 Å². The van der Waals surface area contributed by atoms with Crippen LogP contribution in [0.5, 0.6) is 0 Å². The van der Waals surface area contributed by atoms with Crippen LogP contribution in [0.4, 0.5) is 0 Å². The Hall–Kier alpha value is -0.530. The van der Waals surface area contributed by atoms with Crippen LogP contribution in [0.2, 0.25) is 0 Å². The summed E-state index contributed by atoms with van der Waals surface area (Å²) >= 11 is 0. The van der Waals surface area contributed by atoms with Crippen LogP contribution in [0, 0.1) is 11.8 Å². The zero-order valence-electron chi connectivity index (χ0n) is 7.39. The Labute approximate surface area is 68.4 Å². The van der Waals surface area contributed by atoms with E-state index in [0.29, 0.717) is 11.8 Å². The first-order chi connectivity index (χ1) is 5.22. The molecule has 0 aliphatic carbocycles. The first-order valence-corrected chi connectivity index (χ1v) is 4.49. The zero-order chi connectivity index (χ0) is 8.27. The van der Waals surface area contributed by atoms with Gasteiger partial charge in [0.05, 0.1) is 0 Å². The highest BCUT2D eigenvalue weighted by atomic mass is 16.1. The smallest absolute Gasteiger partial charge is 0.220 e. The maximum Gasteiger partial charge on any atom is 0.220 e. The maximum absolute atomic E-state index is 11.1. The van der Waals surface area contributed by atoms with Crippen LogP contribution in [-0.2, 0) is 4.79 Å². The van der Waals surface area contributed by atoms with E-state index in [-0.39, 0.29) is 5.91 Å². The molecule has 64 valence electrons. The highest BCUT2D eigenvalue weighted by Crippen LogP contribution is 2.20. The average Bonchev–Trinajstić information content (AvgIpc) is 2.13. The van der Waals surface area contributed by atoms with Crippen LogP contribution >= 0.6 is 0 Å². The predicted octanol–water partition coefficient (Wildman–Crippen LogP) is 1.56. The number of rotatable bonds is 1. The number of carbonyl (C=O) groups excluding carboxylic acids is 1. The average molecular weight is 155 g/mol. The van der Waals surface area contributed by atoms with Crippen molar-refractivity contribution >= 4 is 5.91 Å². The SMILES string of the molecule is CCC1CC(=O)NCC(C)C1. The van der Waals surface area contributed by atoms with Gasteiger partial charge in [0.25, 0.3) is 0 Å². The lowest BCUT2D eigenvalue weighted by Gasteiger charge is -2.12. The number of hydrogen-bond acceptors (Lipinski definition) is 1. The van der Waals surface area contributed by atoms with Crippen LogP contribution in [0.1, 0.15) is 33.1 Å². The third kappa shape index (κ3) is 2.52. The summed E-state index contributed by atoms with van der Waals surface area (Å²) in [5.74, 6) is 1.51. The Balaban J connectivity index is 2.47. The molecule has 0 aromatic carbocycles. The minimum Gasteiger partial charge on any atom is -0.356 e. The summed E-state index contributed by atoms with van der Waals surface area (Å²) in [6, 6.07) is 0. The molecule has 1 aliphatic rings. The summed E-state index contributed by atoms with van der Waals surface area (Å²) in [4.78, 5) is 11.1. The highest BCUT2D eigenvalue weighted by molar-refractivity contribution is 5.76. The van der Waals surface area contributed by atoms with E-state index in [9.17, 15) is 4.79 Å². The third-order valence-corrected chi connectivity index (χ3v) is 2.43. The molecule has 0 aromatic heterocycles. The maximum atomic E-state index is 11.1. The second-order valence-corrected chi connectivity index (χ2v) is 3.62. The van der Waals surface area contributed by atoms with Gasteiger partial charge in [-0.15, -0.1) is 0 Å². The van der Waals surface area contributed by atoms with Gasteiger partial charge in [-0.2, -0.15) is 0 Å². The van der Waals surface area contributed by atoms with Gasteiger partial charge >= 0.3 is 0 Å². The Kier molecular flexibility index (Phi) is 2.92. The van der Waals surface area contributed by atoms with Crippen molar-refractivity contribution in [2.45, 2.75) is 33.1 Å². The standard InChI is InChI=1S/C9H17NO/c1-3-8-4-7(2)6-10-9(11)5-8/h7-8H,3-6H2,1-2H3,(H,10,11). The van der Waals surface area contributed by atoms with Gasteiger partial charge in [0.1, 0.15) is 0 Å². The Morgan fingerprint density at radius 2 is 2.36 bits per heavy atom. The topological polar surface area (TPSA) is 29.1 Å². The molecule has 1 heterocycles. The first kappa shape index (κ1) is 8.57. The Morgan fingerprint density at radius 3 is 3.00 bits per heavy atom. The summed E-state index contributed by atoms with van der Waals surface area (Å²) in [5, 5.41) is 2.92. The monoisotopic (exact) mass is 155 g/mol. The Bertz CT molecular complexity index is 144. The molecule has 0 bridgehead atoms. The summed E-state index contributed by atoms with van der Waals surface area (Å²) in [6.45, 7) is 5.24. The first-order valence-electron chi connectivity index (χ1n) is 4.49. The molecule has 0 spiro atoms. The van der Waals surface area contributed by atoms with Crippen molar-refractivity contribution in [1.29, 1.82) is 0 Å². The van der Waals surface area contributed by atoms with E-state index >= 15 is 0 Å². The lowest BCUT2D eigenvalue weighted by atomic mass is 9.93. The predicted molar refractivity (Wildman–Crippen MR) is 45.2 cm³/mol. The minimum atomic E-state index is 0.237. The van der Waals surface area contributed by atoms with Crippen LogP contribution in [-0.4, -0.2) is 12.5 Å². The molecule has 1 aliphatic heterocycles. The highest BCUT2D eigenvalue weighted by Gasteiger charge is 2.19. The van der Waals surface area contributed by atoms with Crippen molar-refractivity contribution in [3.8, 4) is 0 Å². The van der Waals surface area contributed by atoms with Gasteiger partial charge in [0.15, 0.2) is 0 Å². The molecule has 1 N–H and O–H groups in total. The van der Waals surface area contributed by atoms with Crippen LogP contribution in [0.15, 0.2) is 0 Å². The number of carbonyl (C=O) groups is 1. The van der Waals surface area contributed by atoms with Crippen molar-refractivity contribution in [2.75, 3.05) is 6.54 Å². The van der Waals surface area contributed by atoms with E-state index in [0.717, 1.165) is 19.4 Å². The van der Waals surface area contributed by atoms with Gasteiger partial charge in [-0.3, -0.25) is 4.79 Å². The van der Waals surface area contributed by atoms with E-state index in [2.05, 4.69) is 19.2 Å². The minimum absolute atomic E-state index is 0.237. The lowest BCUT2D eigenvalue weighted by Crippen LogP contribution is -2.24. The molecule has 2 heteroatoms. The molecule has 0 saturated carbocycles. The summed E-state index contributed by atoms with van der Waals surface area (Å²) in [6.07, 6.45) is 3.08. The van der Waals surface area contributed by atoms with Gasteiger partial charge in [-0.05, 0) is 18.3 Å². The fourth-order valence-electron chi connectivity index (χ4n) is 1.67. The van der Waals surface area contributed by atoms with Crippen molar-refractivity contribution in [1.82, 2.24) is 5.32 Å². The van der Waals surface area contributed by atoms with E-state index in [1.807, 2.05) is 0 Å². The lowest BCUT2D eigenvalue weighted by molar-refractivity contribution is -0.121. The number of nitrogens with one attached hydrogen (secondary N) is 1. The van der Waals surface area contributed by atoms with Gasteiger partial charge in [-0.1, -0.05) is 20.3 Å². The molecule has 1 fully saturated rings. The molecule has 2 unspecified atom stereocenters. The van der Waals surface area contributed by atoms with Crippen molar-refractivity contribution in [3.63, 3.8) is 0 Å². The molecule has 0 aromatic rings. The van der Waals surface area contributed by atoms with Gasteiger partial charge in [-0.25, -0.2) is 0 Å². The fraction of sp³-hybridized carbons (Fsp3) is 0.889. The fourth-order valence-corrected chi connectivity index (χ4v) is 1.67. The van der Waals surface area contributed by atoms with Crippen LogP contribution in [0.3, 0.4) is 0 Å². The molecule has 1 rings (SSSR count). The zero-order valence-corrected chi connectivity index (χ0v) is 7.39. The number of amides is 1. The van der Waals surface area contributed by atoms with Crippen molar-refractivity contribution in [2.24, 2.45) is 11.8 Å². The molecular weight excluding hydrogens is 138 g/mol. The summed E-state index contributed by atoms with van der Waals surface area (Å²) in [5.41, 5.74) is 0. The molecule has 1 amide bonds. The molecule has 0 radical (unpaired) electrons. The van der Waals surface area contributed by atoms with Crippen LogP contribution in [0.25, 0.3) is 0 Å². The largest absolute Gasteiger partial charge is 0.356 e. The normalized spacial score (nSPS) is 32.7. The molecule has 1 saturated heterocycles. The molecule has 11 heavy (non-hydrogen) atoms. The molecule has 2 atom stereocenters. The van der Waals surface area contributed by atoms with Crippen LogP contribution < -0.4 is 5.32 Å². The quantitative estimate of drug-likeness (QED) is 0.611. The van der Waals surface area contributed by atoms with Crippen molar-refractivity contribution in [3.05, 3.63) is 0 Å². The summed E-state index contributed by atoms with van der Waals surface area (Å²) < 4.78 is 0. The summed E-state index contributed by atoms with van der Waals surface area (Å²) in [7, 11) is 0.